The van der Waals surface area contributed by atoms with Gasteiger partial charge in [-0.25, -0.2) is 4.98 Å². The van der Waals surface area contributed by atoms with Gasteiger partial charge in [-0.1, -0.05) is 23.2 Å². The Morgan fingerprint density at radius 1 is 1.03 bits per heavy atom. The number of carbonyl (C=O) groups is 1. The fraction of sp³-hybridized carbons (Fsp3) is 0.160. The second kappa shape index (κ2) is 9.34. The topological polar surface area (TPSA) is 111 Å². The molecule has 0 atom stereocenters. The number of amides is 1. The maximum atomic E-state index is 13.5. The largest absolute Gasteiger partial charge is 0.378 e. The molecule has 3 heterocycles. The van der Waals surface area contributed by atoms with Gasteiger partial charge in [-0.05, 0) is 48.5 Å². The monoisotopic (exact) mass is 521 g/mol. The number of carbonyl (C=O) groups excluding carboxylic acids is 1. The van der Waals surface area contributed by atoms with Gasteiger partial charge in [0.05, 0.1) is 57.9 Å². The maximum Gasteiger partial charge on any atom is 0.257 e. The van der Waals surface area contributed by atoms with E-state index in [1.165, 1.54) is 0 Å². The number of benzene rings is 3. The van der Waals surface area contributed by atoms with E-state index in [0.29, 0.717) is 64.8 Å². The molecule has 4 N–H and O–H groups in total. The van der Waals surface area contributed by atoms with Crippen molar-refractivity contribution < 1.29 is 9.53 Å². The zero-order chi connectivity index (χ0) is 24.6. The minimum atomic E-state index is -0.220. The number of anilines is 4. The van der Waals surface area contributed by atoms with Crippen LogP contribution in [0.15, 0.2) is 54.7 Å². The van der Waals surface area contributed by atoms with Crippen molar-refractivity contribution in [2.75, 3.05) is 41.8 Å². The summed E-state index contributed by atoms with van der Waals surface area (Å²) in [6.07, 6.45) is 1.74. The summed E-state index contributed by atoms with van der Waals surface area (Å²) in [7, 11) is 0. The number of halogens is 2. The summed E-state index contributed by atoms with van der Waals surface area (Å²) in [5.74, 6) is 0.284. The van der Waals surface area contributed by atoms with Crippen LogP contribution < -0.4 is 15.5 Å². The summed E-state index contributed by atoms with van der Waals surface area (Å²) in [5, 5.41) is 15.2. The SMILES string of the molecule is O=C(Nc1ccc2cn[nH]c2c1)c1cc2[nH]c(Nc3ccc(Cl)cc3Cl)nc2cc1N1CCOCC1. The van der Waals surface area contributed by atoms with Gasteiger partial charge in [-0.15, -0.1) is 0 Å². The fourth-order valence-electron chi connectivity index (χ4n) is 4.28. The first-order chi connectivity index (χ1) is 17.5. The van der Waals surface area contributed by atoms with E-state index >= 15 is 0 Å². The van der Waals surface area contributed by atoms with Crippen LogP contribution in [0.4, 0.5) is 23.0 Å². The van der Waals surface area contributed by atoms with E-state index in [4.69, 9.17) is 27.9 Å². The number of H-pyrrole nitrogens is 2. The van der Waals surface area contributed by atoms with Crippen LogP contribution in [0.5, 0.6) is 0 Å². The molecule has 11 heteroatoms. The molecule has 0 radical (unpaired) electrons. The van der Waals surface area contributed by atoms with Gasteiger partial charge in [0.15, 0.2) is 0 Å². The second-order valence-electron chi connectivity index (χ2n) is 8.45. The number of hydrogen-bond acceptors (Lipinski definition) is 6. The Labute approximate surface area is 215 Å². The molecule has 36 heavy (non-hydrogen) atoms. The highest BCUT2D eigenvalue weighted by Crippen LogP contribution is 2.31. The van der Waals surface area contributed by atoms with Gasteiger partial charge in [0.2, 0.25) is 5.95 Å². The van der Waals surface area contributed by atoms with Crippen LogP contribution in [0.2, 0.25) is 10.0 Å². The van der Waals surface area contributed by atoms with Crippen molar-refractivity contribution >= 4 is 74.1 Å². The van der Waals surface area contributed by atoms with Crippen molar-refractivity contribution in [1.82, 2.24) is 20.2 Å². The van der Waals surface area contributed by atoms with Crippen LogP contribution in [-0.2, 0) is 4.74 Å². The Kier molecular flexibility index (Phi) is 5.88. The molecule has 1 aliphatic heterocycles. The van der Waals surface area contributed by atoms with Crippen LogP contribution in [-0.4, -0.2) is 52.4 Å². The van der Waals surface area contributed by atoms with Crippen LogP contribution >= 0.6 is 23.2 Å². The Hall–Kier alpha value is -3.79. The lowest BCUT2D eigenvalue weighted by atomic mass is 10.1. The first-order valence-electron chi connectivity index (χ1n) is 11.4. The maximum absolute atomic E-state index is 13.5. The Bertz CT molecular complexity index is 1590. The van der Waals surface area contributed by atoms with E-state index in [1.54, 1.807) is 24.4 Å². The smallest absolute Gasteiger partial charge is 0.257 e. The van der Waals surface area contributed by atoms with E-state index in [0.717, 1.165) is 22.1 Å². The Morgan fingerprint density at radius 2 is 1.89 bits per heavy atom. The molecule has 0 unspecified atom stereocenters. The quantitative estimate of drug-likeness (QED) is 0.240. The van der Waals surface area contributed by atoms with Crippen molar-refractivity contribution in [3.05, 3.63) is 70.3 Å². The lowest BCUT2D eigenvalue weighted by molar-refractivity contribution is 0.102. The first kappa shape index (κ1) is 22.7. The molecular weight excluding hydrogens is 501 g/mol. The first-order valence-corrected chi connectivity index (χ1v) is 12.1. The predicted octanol–water partition coefficient (Wildman–Crippen LogP) is 5.58. The summed E-state index contributed by atoms with van der Waals surface area (Å²) in [5.41, 5.74) is 4.97. The van der Waals surface area contributed by atoms with Gasteiger partial charge >= 0.3 is 0 Å². The second-order valence-corrected chi connectivity index (χ2v) is 9.29. The van der Waals surface area contributed by atoms with Gasteiger partial charge in [0.1, 0.15) is 0 Å². The third-order valence-electron chi connectivity index (χ3n) is 6.08. The number of nitrogens with zero attached hydrogens (tertiary/aromatic N) is 3. The fourth-order valence-corrected chi connectivity index (χ4v) is 4.74. The summed E-state index contributed by atoms with van der Waals surface area (Å²) >= 11 is 12.3. The number of nitrogens with one attached hydrogen (secondary N) is 4. The highest BCUT2D eigenvalue weighted by atomic mass is 35.5. The summed E-state index contributed by atoms with van der Waals surface area (Å²) < 4.78 is 5.52. The lowest BCUT2D eigenvalue weighted by Crippen LogP contribution is -2.37. The molecule has 0 spiro atoms. The van der Waals surface area contributed by atoms with Gasteiger partial charge in [0, 0.05) is 29.2 Å². The molecule has 182 valence electrons. The molecule has 0 aliphatic carbocycles. The molecule has 5 aromatic rings. The van der Waals surface area contributed by atoms with Crippen molar-refractivity contribution in [3.8, 4) is 0 Å². The summed E-state index contributed by atoms with van der Waals surface area (Å²) in [6, 6.07) is 14.6. The highest BCUT2D eigenvalue weighted by molar-refractivity contribution is 6.36. The number of aromatic amines is 2. The molecular formula is C25H21Cl2N7O2. The molecule has 9 nitrogen and oxygen atoms in total. The van der Waals surface area contributed by atoms with Gasteiger partial charge in [0.25, 0.3) is 5.91 Å². The number of ether oxygens (including phenoxy) is 1. The average Bonchev–Trinajstić information content (AvgIpc) is 3.51. The number of morpholine rings is 1. The van der Waals surface area contributed by atoms with E-state index < -0.39 is 0 Å². The van der Waals surface area contributed by atoms with Gasteiger partial charge in [-0.2, -0.15) is 5.10 Å². The lowest BCUT2D eigenvalue weighted by Gasteiger charge is -2.30. The van der Waals surface area contributed by atoms with E-state index in [-0.39, 0.29) is 5.91 Å². The average molecular weight is 522 g/mol. The van der Waals surface area contributed by atoms with Gasteiger partial charge in [-0.3, -0.25) is 9.89 Å². The van der Waals surface area contributed by atoms with Crippen LogP contribution in [0.25, 0.3) is 21.9 Å². The zero-order valence-electron chi connectivity index (χ0n) is 18.9. The van der Waals surface area contributed by atoms with Crippen LogP contribution in [0.3, 0.4) is 0 Å². The van der Waals surface area contributed by atoms with E-state index in [9.17, 15) is 4.79 Å². The van der Waals surface area contributed by atoms with E-state index in [1.807, 2.05) is 30.3 Å². The van der Waals surface area contributed by atoms with Gasteiger partial charge < -0.3 is 25.3 Å². The molecule has 1 aliphatic rings. The number of fused-ring (bicyclic) bond motifs is 2. The molecule has 1 fully saturated rings. The van der Waals surface area contributed by atoms with Crippen molar-refractivity contribution in [1.29, 1.82) is 0 Å². The molecule has 1 saturated heterocycles. The van der Waals surface area contributed by atoms with Crippen LogP contribution in [0.1, 0.15) is 10.4 Å². The minimum absolute atomic E-state index is 0.220. The predicted molar refractivity (Wildman–Crippen MR) is 143 cm³/mol. The number of imidazole rings is 1. The standard InChI is InChI=1S/C25H21Cl2N7O2/c26-15-2-4-19(18(27)9-15)30-25-31-21-11-17(23(12-22(21)32-25)34-5-7-36-8-6-34)24(35)29-16-3-1-14-13-28-33-20(14)10-16/h1-4,9-13H,5-8H2,(H,28,33)(H,29,35)(H2,30,31,32). The van der Waals surface area contributed by atoms with E-state index in [2.05, 4.69) is 35.7 Å². The molecule has 1 amide bonds. The molecule has 0 bridgehead atoms. The van der Waals surface area contributed by atoms with Crippen molar-refractivity contribution in [2.24, 2.45) is 0 Å². The van der Waals surface area contributed by atoms with Crippen molar-refractivity contribution in [2.45, 2.75) is 0 Å². The molecule has 0 saturated carbocycles. The van der Waals surface area contributed by atoms with Crippen molar-refractivity contribution in [3.63, 3.8) is 0 Å². The summed E-state index contributed by atoms with van der Waals surface area (Å²) in [4.78, 5) is 23.6. The summed E-state index contributed by atoms with van der Waals surface area (Å²) in [6.45, 7) is 2.56. The normalized spacial score (nSPS) is 13.9. The third-order valence-corrected chi connectivity index (χ3v) is 6.63. The third kappa shape index (κ3) is 4.44. The zero-order valence-corrected chi connectivity index (χ0v) is 20.5. The highest BCUT2D eigenvalue weighted by Gasteiger charge is 2.22. The number of aromatic nitrogens is 4. The molecule has 3 aromatic carbocycles. The molecule has 2 aromatic heterocycles. The number of hydrogen-bond donors (Lipinski definition) is 4. The molecule has 6 rings (SSSR count). The minimum Gasteiger partial charge on any atom is -0.378 e. The number of rotatable bonds is 5. The Morgan fingerprint density at radius 3 is 2.72 bits per heavy atom. The van der Waals surface area contributed by atoms with Crippen LogP contribution in [0, 0.1) is 0 Å². The Balaban J connectivity index is 1.36.